The van der Waals surface area contributed by atoms with E-state index in [-0.39, 0.29) is 11.8 Å². The Labute approximate surface area is 112 Å². The second-order valence-electron chi connectivity index (χ2n) is 4.56. The fraction of sp³-hybridized carbons (Fsp3) is 0.500. The average molecular weight is 320 g/mol. The van der Waals surface area contributed by atoms with Crippen LogP contribution in [0.2, 0.25) is 0 Å². The van der Waals surface area contributed by atoms with Crippen LogP contribution in [-0.2, 0) is 9.84 Å². The van der Waals surface area contributed by atoms with E-state index in [0.717, 1.165) is 21.3 Å². The summed E-state index contributed by atoms with van der Waals surface area (Å²) >= 11 is 3.50. The Bertz CT molecular complexity index is 488. The van der Waals surface area contributed by atoms with Crippen molar-refractivity contribution in [2.45, 2.75) is 26.8 Å². The lowest BCUT2D eigenvalue weighted by Gasteiger charge is -2.16. The van der Waals surface area contributed by atoms with Crippen LogP contribution >= 0.6 is 15.9 Å². The van der Waals surface area contributed by atoms with Crippen molar-refractivity contribution in [3.05, 3.63) is 27.7 Å². The fourth-order valence-corrected chi connectivity index (χ4v) is 3.03. The first-order valence-corrected chi connectivity index (χ1v) is 8.25. The van der Waals surface area contributed by atoms with Crippen molar-refractivity contribution in [3.63, 3.8) is 0 Å². The van der Waals surface area contributed by atoms with Crippen molar-refractivity contribution in [1.29, 1.82) is 0 Å². The molecule has 0 heterocycles. The Balaban J connectivity index is 2.82. The SMILES string of the molecule is Cc1cc(NC(C)CS(C)(=O)=O)cc(C)c1Br. The highest BCUT2D eigenvalue weighted by atomic mass is 79.9. The molecule has 0 aliphatic rings. The normalized spacial score (nSPS) is 13.5. The Kier molecular flexibility index (Phi) is 4.61. The van der Waals surface area contributed by atoms with Crippen LogP contribution in [0.1, 0.15) is 18.1 Å². The molecule has 0 amide bonds. The van der Waals surface area contributed by atoms with Gasteiger partial charge in [0.25, 0.3) is 0 Å². The Morgan fingerprint density at radius 3 is 2.18 bits per heavy atom. The van der Waals surface area contributed by atoms with Gasteiger partial charge in [-0.3, -0.25) is 0 Å². The Hall–Kier alpha value is -0.550. The summed E-state index contributed by atoms with van der Waals surface area (Å²) in [7, 11) is -2.94. The van der Waals surface area contributed by atoms with Gasteiger partial charge in [-0.05, 0) is 44.0 Å². The van der Waals surface area contributed by atoms with Gasteiger partial charge in [0.15, 0.2) is 0 Å². The number of halogens is 1. The predicted molar refractivity (Wildman–Crippen MR) is 76.4 cm³/mol. The van der Waals surface area contributed by atoms with E-state index in [2.05, 4.69) is 21.2 Å². The average Bonchev–Trinajstić information content (AvgIpc) is 2.10. The largest absolute Gasteiger partial charge is 0.382 e. The van der Waals surface area contributed by atoms with Crippen LogP contribution in [0.3, 0.4) is 0 Å². The van der Waals surface area contributed by atoms with E-state index in [4.69, 9.17) is 0 Å². The van der Waals surface area contributed by atoms with Crippen molar-refractivity contribution in [2.24, 2.45) is 0 Å². The molecule has 1 N–H and O–H groups in total. The smallest absolute Gasteiger partial charge is 0.149 e. The summed E-state index contributed by atoms with van der Waals surface area (Å²) in [6.07, 6.45) is 1.25. The van der Waals surface area contributed by atoms with E-state index in [1.807, 2.05) is 32.9 Å². The van der Waals surface area contributed by atoms with Crippen molar-refractivity contribution in [2.75, 3.05) is 17.3 Å². The number of rotatable bonds is 4. The fourth-order valence-electron chi connectivity index (χ4n) is 1.81. The maximum absolute atomic E-state index is 11.2. The number of aryl methyl sites for hydroxylation is 2. The monoisotopic (exact) mass is 319 g/mol. The molecule has 1 unspecified atom stereocenters. The van der Waals surface area contributed by atoms with Gasteiger partial charge in [-0.1, -0.05) is 15.9 Å². The lowest BCUT2D eigenvalue weighted by molar-refractivity contribution is 0.598. The van der Waals surface area contributed by atoms with Gasteiger partial charge in [0, 0.05) is 22.5 Å². The maximum Gasteiger partial charge on any atom is 0.149 e. The lowest BCUT2D eigenvalue weighted by Crippen LogP contribution is -2.25. The van der Waals surface area contributed by atoms with Crippen LogP contribution < -0.4 is 5.32 Å². The van der Waals surface area contributed by atoms with Crippen LogP contribution in [0.5, 0.6) is 0 Å². The highest BCUT2D eigenvalue weighted by Gasteiger charge is 2.11. The van der Waals surface area contributed by atoms with E-state index in [9.17, 15) is 8.42 Å². The molecule has 1 atom stereocenters. The molecule has 0 bridgehead atoms. The lowest BCUT2D eigenvalue weighted by atomic mass is 10.1. The molecule has 0 aliphatic carbocycles. The van der Waals surface area contributed by atoms with Gasteiger partial charge in [-0.15, -0.1) is 0 Å². The Morgan fingerprint density at radius 2 is 1.76 bits per heavy atom. The first kappa shape index (κ1) is 14.5. The zero-order valence-corrected chi connectivity index (χ0v) is 12.9. The highest BCUT2D eigenvalue weighted by molar-refractivity contribution is 9.10. The number of anilines is 1. The molecule has 1 aromatic rings. The third-order valence-electron chi connectivity index (χ3n) is 2.40. The first-order chi connectivity index (χ1) is 7.69. The number of nitrogens with one attached hydrogen (secondary N) is 1. The summed E-state index contributed by atoms with van der Waals surface area (Å²) in [5, 5.41) is 3.21. The number of hydrogen-bond donors (Lipinski definition) is 1. The molecular formula is C12H18BrNO2S. The third-order valence-corrected chi connectivity index (χ3v) is 4.76. The molecular weight excluding hydrogens is 302 g/mol. The topological polar surface area (TPSA) is 46.2 Å². The Morgan fingerprint density at radius 1 is 1.29 bits per heavy atom. The van der Waals surface area contributed by atoms with Crippen LogP contribution in [0.4, 0.5) is 5.69 Å². The summed E-state index contributed by atoms with van der Waals surface area (Å²) in [5.41, 5.74) is 3.23. The van der Waals surface area contributed by atoms with Gasteiger partial charge in [0.1, 0.15) is 9.84 Å². The van der Waals surface area contributed by atoms with Gasteiger partial charge in [-0.2, -0.15) is 0 Å². The van der Waals surface area contributed by atoms with Crippen LogP contribution in [0.25, 0.3) is 0 Å². The summed E-state index contributed by atoms with van der Waals surface area (Å²) in [5.74, 6) is 0.140. The van der Waals surface area contributed by atoms with Crippen molar-refractivity contribution in [1.82, 2.24) is 0 Å². The third kappa shape index (κ3) is 4.68. The molecule has 0 aliphatic heterocycles. The summed E-state index contributed by atoms with van der Waals surface area (Å²) in [6, 6.07) is 3.93. The van der Waals surface area contributed by atoms with E-state index < -0.39 is 9.84 Å². The molecule has 17 heavy (non-hydrogen) atoms. The zero-order chi connectivity index (χ0) is 13.2. The molecule has 0 saturated carbocycles. The first-order valence-electron chi connectivity index (χ1n) is 5.40. The van der Waals surface area contributed by atoms with Crippen molar-refractivity contribution in [3.8, 4) is 0 Å². The molecule has 5 heteroatoms. The van der Waals surface area contributed by atoms with E-state index in [1.165, 1.54) is 6.26 Å². The summed E-state index contributed by atoms with van der Waals surface area (Å²) in [6.45, 7) is 5.90. The summed E-state index contributed by atoms with van der Waals surface area (Å²) < 4.78 is 23.4. The quantitative estimate of drug-likeness (QED) is 0.928. The number of hydrogen-bond acceptors (Lipinski definition) is 3. The standard InChI is InChI=1S/C12H18BrNO2S/c1-8-5-11(6-9(2)12(8)13)14-10(3)7-17(4,15)16/h5-6,10,14H,7H2,1-4H3. The summed E-state index contributed by atoms with van der Waals surface area (Å²) in [4.78, 5) is 0. The van der Waals surface area contributed by atoms with Gasteiger partial charge < -0.3 is 5.32 Å². The molecule has 0 spiro atoms. The maximum atomic E-state index is 11.2. The molecule has 96 valence electrons. The minimum absolute atomic E-state index is 0.0926. The molecule has 0 radical (unpaired) electrons. The van der Waals surface area contributed by atoms with E-state index >= 15 is 0 Å². The molecule has 0 fully saturated rings. The number of sulfone groups is 1. The van der Waals surface area contributed by atoms with Gasteiger partial charge in [-0.25, -0.2) is 8.42 Å². The van der Waals surface area contributed by atoms with Crippen molar-refractivity contribution < 1.29 is 8.42 Å². The molecule has 1 rings (SSSR count). The molecule has 1 aromatic carbocycles. The molecule has 0 aromatic heterocycles. The van der Waals surface area contributed by atoms with Gasteiger partial charge >= 0.3 is 0 Å². The minimum Gasteiger partial charge on any atom is -0.382 e. The number of benzene rings is 1. The second-order valence-corrected chi connectivity index (χ2v) is 7.54. The minimum atomic E-state index is -2.94. The predicted octanol–water partition coefficient (Wildman–Crippen LogP) is 2.91. The van der Waals surface area contributed by atoms with Crippen molar-refractivity contribution >= 4 is 31.5 Å². The van der Waals surface area contributed by atoms with Crippen LogP contribution in [-0.4, -0.2) is 26.5 Å². The van der Waals surface area contributed by atoms with Crippen LogP contribution in [0, 0.1) is 13.8 Å². The second kappa shape index (κ2) is 5.40. The zero-order valence-electron chi connectivity index (χ0n) is 10.5. The van der Waals surface area contributed by atoms with Gasteiger partial charge in [0.2, 0.25) is 0 Å². The highest BCUT2D eigenvalue weighted by Crippen LogP contribution is 2.25. The van der Waals surface area contributed by atoms with E-state index in [0.29, 0.717) is 0 Å². The molecule has 0 saturated heterocycles. The van der Waals surface area contributed by atoms with Crippen LogP contribution in [0.15, 0.2) is 16.6 Å². The van der Waals surface area contributed by atoms with E-state index in [1.54, 1.807) is 0 Å². The van der Waals surface area contributed by atoms with Gasteiger partial charge in [0.05, 0.1) is 5.75 Å². The molecule has 3 nitrogen and oxygen atoms in total.